The second kappa shape index (κ2) is 10.1. The molecule has 6 nitrogen and oxygen atoms in total. The predicted molar refractivity (Wildman–Crippen MR) is 121 cm³/mol. The summed E-state index contributed by atoms with van der Waals surface area (Å²) in [6, 6.07) is 8.09. The van der Waals surface area contributed by atoms with E-state index in [1.165, 1.54) is 37.2 Å². The fourth-order valence-corrected chi connectivity index (χ4v) is 6.00. The molecule has 0 atom stereocenters. The maximum Gasteiger partial charge on any atom is 0.315 e. The molecule has 1 aromatic carbocycles. The van der Waals surface area contributed by atoms with Gasteiger partial charge in [0.2, 0.25) is 5.91 Å². The molecule has 3 amide bonds. The van der Waals surface area contributed by atoms with Crippen molar-refractivity contribution in [3.05, 3.63) is 35.4 Å². The normalized spacial score (nSPS) is 21.7. The Morgan fingerprint density at radius 1 is 1.03 bits per heavy atom. The van der Waals surface area contributed by atoms with Crippen LogP contribution in [0.2, 0.25) is 0 Å². The van der Waals surface area contributed by atoms with Gasteiger partial charge in [0, 0.05) is 62.7 Å². The van der Waals surface area contributed by atoms with E-state index in [0.29, 0.717) is 19.5 Å². The number of carbonyl (C=O) groups is 2. The molecule has 2 heterocycles. The second-order valence-corrected chi connectivity index (χ2v) is 10.0. The first-order valence-corrected chi connectivity index (χ1v) is 12.5. The number of amides is 3. The lowest BCUT2D eigenvalue weighted by Gasteiger charge is -2.43. The van der Waals surface area contributed by atoms with Crippen LogP contribution >= 0.6 is 11.8 Å². The molecule has 3 fully saturated rings. The molecule has 0 bridgehead atoms. The molecule has 2 N–H and O–H groups in total. The van der Waals surface area contributed by atoms with Gasteiger partial charge in [-0.2, -0.15) is 11.8 Å². The van der Waals surface area contributed by atoms with Crippen molar-refractivity contribution in [2.75, 3.05) is 37.7 Å². The van der Waals surface area contributed by atoms with Gasteiger partial charge in [-0.3, -0.25) is 9.69 Å². The van der Waals surface area contributed by atoms with Gasteiger partial charge in [0.1, 0.15) is 0 Å². The summed E-state index contributed by atoms with van der Waals surface area (Å²) in [5.41, 5.74) is 2.34. The van der Waals surface area contributed by atoms with Gasteiger partial charge in [0.05, 0.1) is 0 Å². The van der Waals surface area contributed by atoms with Crippen molar-refractivity contribution < 1.29 is 9.59 Å². The number of nitrogens with zero attached hydrogens (tertiary/aromatic N) is 2. The number of rotatable bonds is 7. The van der Waals surface area contributed by atoms with Crippen LogP contribution in [0.25, 0.3) is 0 Å². The highest BCUT2D eigenvalue weighted by Gasteiger charge is 2.40. The molecule has 4 rings (SSSR count). The van der Waals surface area contributed by atoms with Crippen LogP contribution in [0.4, 0.5) is 4.79 Å². The molecule has 1 saturated carbocycles. The Morgan fingerprint density at radius 3 is 2.53 bits per heavy atom. The Labute approximate surface area is 184 Å². The lowest BCUT2D eigenvalue weighted by molar-refractivity contribution is -0.128. The zero-order valence-corrected chi connectivity index (χ0v) is 18.6. The number of carbonyl (C=O) groups excluding carboxylic acids is 2. The predicted octanol–water partition coefficient (Wildman–Crippen LogP) is 2.97. The minimum absolute atomic E-state index is 0.0900. The molecular formula is C23H34N4O2S. The van der Waals surface area contributed by atoms with Crippen molar-refractivity contribution in [1.82, 2.24) is 20.4 Å². The molecule has 3 aliphatic rings. The van der Waals surface area contributed by atoms with Crippen LogP contribution in [0.5, 0.6) is 0 Å². The summed E-state index contributed by atoms with van der Waals surface area (Å²) in [7, 11) is 0. The van der Waals surface area contributed by atoms with Crippen LogP contribution in [-0.4, -0.2) is 65.0 Å². The topological polar surface area (TPSA) is 64.7 Å². The van der Waals surface area contributed by atoms with Gasteiger partial charge in [0.25, 0.3) is 0 Å². The summed E-state index contributed by atoms with van der Waals surface area (Å²) in [5, 5.41) is 6.18. The minimum Gasteiger partial charge on any atom is -0.338 e. The van der Waals surface area contributed by atoms with E-state index < -0.39 is 0 Å². The molecule has 1 aromatic rings. The van der Waals surface area contributed by atoms with Crippen LogP contribution < -0.4 is 10.6 Å². The van der Waals surface area contributed by atoms with Crippen molar-refractivity contribution in [2.24, 2.45) is 0 Å². The Kier molecular flexibility index (Phi) is 7.20. The summed E-state index contributed by atoms with van der Waals surface area (Å²) in [4.78, 5) is 28.9. The number of likely N-dealkylation sites (tertiary alicyclic amines) is 1. The highest BCUT2D eigenvalue weighted by molar-refractivity contribution is 7.99. The number of hydrogen-bond acceptors (Lipinski definition) is 4. The van der Waals surface area contributed by atoms with E-state index in [1.54, 1.807) is 0 Å². The van der Waals surface area contributed by atoms with Crippen molar-refractivity contribution in [3.63, 3.8) is 0 Å². The van der Waals surface area contributed by atoms with Gasteiger partial charge >= 0.3 is 6.03 Å². The molecule has 0 radical (unpaired) electrons. The van der Waals surface area contributed by atoms with E-state index in [-0.39, 0.29) is 17.5 Å². The van der Waals surface area contributed by atoms with Gasteiger partial charge < -0.3 is 15.5 Å². The molecule has 0 aromatic heterocycles. The molecule has 164 valence electrons. The number of nitrogens with one attached hydrogen (secondary N) is 2. The van der Waals surface area contributed by atoms with E-state index in [9.17, 15) is 9.59 Å². The first-order chi connectivity index (χ1) is 14.6. The van der Waals surface area contributed by atoms with Gasteiger partial charge in [-0.15, -0.1) is 0 Å². The van der Waals surface area contributed by atoms with Crippen LogP contribution in [0.1, 0.15) is 49.7 Å². The van der Waals surface area contributed by atoms with Gasteiger partial charge in [-0.25, -0.2) is 4.79 Å². The van der Waals surface area contributed by atoms with Crippen LogP contribution in [0.3, 0.4) is 0 Å². The smallest absolute Gasteiger partial charge is 0.315 e. The van der Waals surface area contributed by atoms with Crippen molar-refractivity contribution >= 4 is 23.7 Å². The number of hydrogen-bond donors (Lipinski definition) is 2. The largest absolute Gasteiger partial charge is 0.338 e. The van der Waals surface area contributed by atoms with Crippen LogP contribution in [-0.2, 0) is 17.9 Å². The van der Waals surface area contributed by atoms with E-state index in [4.69, 9.17) is 0 Å². The maximum absolute atomic E-state index is 12.5. The van der Waals surface area contributed by atoms with Crippen molar-refractivity contribution in [2.45, 2.75) is 57.2 Å². The quantitative estimate of drug-likeness (QED) is 0.698. The van der Waals surface area contributed by atoms with Gasteiger partial charge in [-0.1, -0.05) is 37.1 Å². The summed E-state index contributed by atoms with van der Waals surface area (Å²) >= 11 is 2.03. The molecule has 0 spiro atoms. The van der Waals surface area contributed by atoms with Crippen LogP contribution in [0.15, 0.2) is 24.3 Å². The first-order valence-electron chi connectivity index (χ1n) is 11.3. The highest BCUT2D eigenvalue weighted by Crippen LogP contribution is 2.36. The lowest BCUT2D eigenvalue weighted by Crippen LogP contribution is -2.57. The lowest BCUT2D eigenvalue weighted by atomic mass is 9.94. The summed E-state index contributed by atoms with van der Waals surface area (Å²) < 4.78 is 0. The number of benzene rings is 1. The molecule has 2 saturated heterocycles. The SMILES string of the molecule is O=C(NCc1cccc(CN2CCCC2=O)c1)NCC1(N2CCSCC2)CCCC1. The monoisotopic (exact) mass is 430 g/mol. The summed E-state index contributed by atoms with van der Waals surface area (Å²) in [6.45, 7) is 5.03. The Balaban J connectivity index is 1.26. The Bertz CT molecular complexity index is 744. The first kappa shape index (κ1) is 21.5. The van der Waals surface area contributed by atoms with Crippen molar-refractivity contribution in [3.8, 4) is 0 Å². The molecule has 0 unspecified atom stereocenters. The summed E-state index contributed by atoms with van der Waals surface area (Å²) in [6.07, 6.45) is 6.53. The van der Waals surface area contributed by atoms with Gasteiger partial charge in [-0.05, 0) is 30.4 Å². The number of thioether (sulfide) groups is 1. The number of urea groups is 1. The Morgan fingerprint density at radius 2 is 1.80 bits per heavy atom. The van der Waals surface area contributed by atoms with E-state index >= 15 is 0 Å². The van der Waals surface area contributed by atoms with Gasteiger partial charge in [0.15, 0.2) is 0 Å². The van der Waals surface area contributed by atoms with Crippen LogP contribution in [0, 0.1) is 0 Å². The van der Waals surface area contributed by atoms with E-state index in [2.05, 4.69) is 27.7 Å². The zero-order chi connectivity index (χ0) is 20.8. The molecule has 30 heavy (non-hydrogen) atoms. The second-order valence-electron chi connectivity index (χ2n) is 8.81. The standard InChI is InChI=1S/C23H34N4O2S/c28-21-7-4-10-26(21)17-20-6-3-5-19(15-20)16-24-22(29)25-18-23(8-1-2-9-23)27-11-13-30-14-12-27/h3,5-6,15H,1-2,4,7-14,16-18H2,(H2,24,25,29). The van der Waals surface area contributed by atoms with Crippen molar-refractivity contribution in [1.29, 1.82) is 0 Å². The Hall–Kier alpha value is -1.73. The summed E-state index contributed by atoms with van der Waals surface area (Å²) in [5.74, 6) is 2.65. The average Bonchev–Trinajstić information content (AvgIpc) is 3.42. The maximum atomic E-state index is 12.5. The zero-order valence-electron chi connectivity index (χ0n) is 17.8. The third-order valence-electron chi connectivity index (χ3n) is 6.78. The highest BCUT2D eigenvalue weighted by atomic mass is 32.2. The van der Waals surface area contributed by atoms with E-state index in [1.807, 2.05) is 28.8 Å². The minimum atomic E-state index is -0.0900. The molecular weight excluding hydrogens is 396 g/mol. The van der Waals surface area contributed by atoms with E-state index in [0.717, 1.165) is 43.7 Å². The third-order valence-corrected chi connectivity index (χ3v) is 7.73. The fourth-order valence-electron chi connectivity index (χ4n) is 5.09. The molecule has 2 aliphatic heterocycles. The molecule has 7 heteroatoms. The fraction of sp³-hybridized carbons (Fsp3) is 0.652. The third kappa shape index (κ3) is 5.30. The average molecular weight is 431 g/mol. The molecule has 1 aliphatic carbocycles.